The second-order valence-electron chi connectivity index (χ2n) is 14.0. The van der Waals surface area contributed by atoms with Crippen molar-refractivity contribution in [2.45, 2.75) is 53.4 Å². The second-order valence-corrected chi connectivity index (χ2v) is 14.0. The van der Waals surface area contributed by atoms with Crippen LogP contribution >= 0.6 is 0 Å². The summed E-state index contributed by atoms with van der Waals surface area (Å²) in [5.74, 6) is 1.65. The molecule has 4 heteroatoms. The van der Waals surface area contributed by atoms with Crippen molar-refractivity contribution in [2.75, 3.05) is 36.0 Å². The molecule has 5 aromatic carbocycles. The molecule has 2 aliphatic rings. The molecule has 7 aromatic rings. The number of anilines is 2. The highest BCUT2D eigenvalue weighted by Gasteiger charge is 2.23. The standard InChI is InChI=1S/C40H40N2O2/c1-23-9-13-41(14-10-23)31-7-5-27-19-33-35(21-29(27)17-31)43-39-25(3)26(4)40-38(37(33)39)34-20-28-6-8-32(18-30(28)22-36(34)44-40)42-15-11-24(2)12-16-42/h5-8,17-24H,9-16H2,1-4H3. The first-order valence-corrected chi connectivity index (χ1v) is 16.6. The van der Waals surface area contributed by atoms with E-state index in [0.717, 1.165) is 82.2 Å². The van der Waals surface area contributed by atoms with E-state index in [1.54, 1.807) is 0 Å². The lowest BCUT2D eigenvalue weighted by molar-refractivity contribution is 0.438. The third kappa shape index (κ3) is 3.96. The van der Waals surface area contributed by atoms with Gasteiger partial charge >= 0.3 is 0 Å². The van der Waals surface area contributed by atoms with E-state index in [1.165, 1.54) is 69.4 Å². The Morgan fingerprint density at radius 1 is 0.523 bits per heavy atom. The molecule has 44 heavy (non-hydrogen) atoms. The molecule has 0 N–H and O–H groups in total. The minimum Gasteiger partial charge on any atom is -0.456 e. The van der Waals surface area contributed by atoms with Crippen LogP contribution in [0.2, 0.25) is 0 Å². The molecule has 222 valence electrons. The molecule has 0 atom stereocenters. The van der Waals surface area contributed by atoms with Gasteiger partial charge in [0.05, 0.1) is 0 Å². The van der Waals surface area contributed by atoms with Crippen LogP contribution < -0.4 is 9.80 Å². The average Bonchev–Trinajstić information content (AvgIpc) is 3.59. The van der Waals surface area contributed by atoms with Crippen LogP contribution in [0.15, 0.2) is 69.5 Å². The number of nitrogens with zero attached hydrogens (tertiary/aromatic N) is 2. The Labute approximate surface area is 258 Å². The minimum atomic E-state index is 0.823. The summed E-state index contributed by atoms with van der Waals surface area (Å²) in [5, 5.41) is 9.64. The van der Waals surface area contributed by atoms with Crippen molar-refractivity contribution in [3.05, 3.63) is 71.8 Å². The molecule has 4 nitrogen and oxygen atoms in total. The van der Waals surface area contributed by atoms with Gasteiger partial charge in [0, 0.05) is 59.1 Å². The molecular weight excluding hydrogens is 540 g/mol. The van der Waals surface area contributed by atoms with Gasteiger partial charge in [-0.15, -0.1) is 0 Å². The Bertz CT molecular complexity index is 2090. The van der Waals surface area contributed by atoms with E-state index in [2.05, 4.69) is 98.2 Å². The first-order valence-electron chi connectivity index (χ1n) is 16.6. The van der Waals surface area contributed by atoms with Gasteiger partial charge in [0.2, 0.25) is 0 Å². The van der Waals surface area contributed by atoms with E-state index >= 15 is 0 Å². The Hall–Kier alpha value is -4.18. The van der Waals surface area contributed by atoms with Crippen LogP contribution in [-0.2, 0) is 0 Å². The van der Waals surface area contributed by atoms with Gasteiger partial charge in [0.1, 0.15) is 22.3 Å². The van der Waals surface area contributed by atoms with Crippen LogP contribution in [-0.4, -0.2) is 26.2 Å². The van der Waals surface area contributed by atoms with Crippen LogP contribution in [0.3, 0.4) is 0 Å². The van der Waals surface area contributed by atoms with Gasteiger partial charge in [-0.2, -0.15) is 0 Å². The monoisotopic (exact) mass is 580 g/mol. The first-order chi connectivity index (χ1) is 21.4. The van der Waals surface area contributed by atoms with Gasteiger partial charge in [0.15, 0.2) is 0 Å². The number of furan rings is 2. The lowest BCUT2D eigenvalue weighted by Crippen LogP contribution is -2.32. The topological polar surface area (TPSA) is 32.8 Å². The van der Waals surface area contributed by atoms with Crippen molar-refractivity contribution in [3.63, 3.8) is 0 Å². The fourth-order valence-electron chi connectivity index (χ4n) is 7.95. The maximum Gasteiger partial charge on any atom is 0.139 e. The zero-order valence-corrected chi connectivity index (χ0v) is 26.3. The van der Waals surface area contributed by atoms with Crippen LogP contribution in [0.5, 0.6) is 0 Å². The molecule has 0 unspecified atom stereocenters. The maximum absolute atomic E-state index is 6.72. The SMILES string of the molecule is Cc1c(C)c2oc3cc4cc(N5CCC(C)CC5)ccc4cc3c2c2c1oc1cc3cc(N4CCC(C)CC4)ccc3cc12. The van der Waals surface area contributed by atoms with Crippen molar-refractivity contribution in [3.8, 4) is 0 Å². The quantitative estimate of drug-likeness (QED) is 0.204. The maximum atomic E-state index is 6.72. The van der Waals surface area contributed by atoms with Crippen LogP contribution in [0.1, 0.15) is 50.7 Å². The number of hydrogen-bond acceptors (Lipinski definition) is 4. The van der Waals surface area contributed by atoms with E-state index in [0.29, 0.717) is 0 Å². The fraction of sp³-hybridized carbons (Fsp3) is 0.350. The highest BCUT2D eigenvalue weighted by Crippen LogP contribution is 2.45. The lowest BCUT2D eigenvalue weighted by Gasteiger charge is -2.32. The van der Waals surface area contributed by atoms with Crippen LogP contribution in [0, 0.1) is 25.7 Å². The number of aryl methyl sites for hydroxylation is 2. The summed E-state index contributed by atoms with van der Waals surface area (Å²) in [6.07, 6.45) is 5.06. The normalized spacial score (nSPS) is 17.5. The van der Waals surface area contributed by atoms with Crippen molar-refractivity contribution < 1.29 is 8.83 Å². The largest absolute Gasteiger partial charge is 0.456 e. The summed E-state index contributed by atoms with van der Waals surface area (Å²) in [7, 11) is 0. The summed E-state index contributed by atoms with van der Waals surface area (Å²) < 4.78 is 13.4. The molecule has 2 aliphatic heterocycles. The van der Waals surface area contributed by atoms with Gasteiger partial charge in [-0.25, -0.2) is 0 Å². The van der Waals surface area contributed by atoms with Gasteiger partial charge in [-0.3, -0.25) is 0 Å². The Morgan fingerprint density at radius 2 is 0.932 bits per heavy atom. The molecule has 0 spiro atoms. The van der Waals surface area contributed by atoms with Gasteiger partial charge in [-0.05, 0) is 133 Å². The van der Waals surface area contributed by atoms with Crippen LogP contribution in [0.25, 0.3) is 65.4 Å². The van der Waals surface area contributed by atoms with E-state index in [-0.39, 0.29) is 0 Å². The highest BCUT2D eigenvalue weighted by atomic mass is 16.3. The second kappa shape index (κ2) is 9.66. The van der Waals surface area contributed by atoms with Crippen molar-refractivity contribution in [2.24, 2.45) is 11.8 Å². The number of benzene rings is 5. The van der Waals surface area contributed by atoms with Crippen molar-refractivity contribution in [1.82, 2.24) is 0 Å². The van der Waals surface area contributed by atoms with Gasteiger partial charge in [0.25, 0.3) is 0 Å². The summed E-state index contributed by atoms with van der Waals surface area (Å²) in [6.45, 7) is 13.6. The Morgan fingerprint density at radius 3 is 1.34 bits per heavy atom. The number of hydrogen-bond donors (Lipinski definition) is 0. The zero-order chi connectivity index (χ0) is 29.7. The molecule has 0 amide bonds. The molecule has 0 saturated carbocycles. The Balaban J connectivity index is 1.22. The molecule has 2 fully saturated rings. The first kappa shape index (κ1) is 26.2. The fourth-order valence-corrected chi connectivity index (χ4v) is 7.95. The number of fused-ring (bicyclic) bond motifs is 9. The van der Waals surface area contributed by atoms with Gasteiger partial charge < -0.3 is 18.6 Å². The minimum absolute atomic E-state index is 0.823. The molecule has 9 rings (SSSR count). The Kier molecular flexibility index (Phi) is 5.76. The zero-order valence-electron chi connectivity index (χ0n) is 26.3. The summed E-state index contributed by atoms with van der Waals surface area (Å²) in [5.41, 5.74) is 8.79. The predicted molar refractivity (Wildman–Crippen MR) is 187 cm³/mol. The lowest BCUT2D eigenvalue weighted by atomic mass is 9.96. The number of rotatable bonds is 2. The van der Waals surface area contributed by atoms with Crippen LogP contribution in [0.4, 0.5) is 11.4 Å². The average molecular weight is 581 g/mol. The van der Waals surface area contributed by atoms with Crippen molar-refractivity contribution >= 4 is 76.8 Å². The number of piperidine rings is 2. The molecule has 4 heterocycles. The summed E-state index contributed by atoms with van der Waals surface area (Å²) >= 11 is 0. The van der Waals surface area contributed by atoms with E-state index in [9.17, 15) is 0 Å². The van der Waals surface area contributed by atoms with E-state index in [1.807, 2.05) is 0 Å². The molecule has 0 aliphatic carbocycles. The molecular formula is C40H40N2O2. The third-order valence-corrected chi connectivity index (χ3v) is 11.1. The molecule has 0 bridgehead atoms. The van der Waals surface area contributed by atoms with E-state index < -0.39 is 0 Å². The predicted octanol–water partition coefficient (Wildman–Crippen LogP) is 10.9. The highest BCUT2D eigenvalue weighted by molar-refractivity contribution is 6.29. The molecule has 2 aromatic heterocycles. The van der Waals surface area contributed by atoms with Crippen molar-refractivity contribution in [1.29, 1.82) is 0 Å². The summed E-state index contributed by atoms with van der Waals surface area (Å²) in [4.78, 5) is 5.08. The molecule has 0 radical (unpaired) electrons. The summed E-state index contributed by atoms with van der Waals surface area (Å²) in [6, 6.07) is 23.1. The molecule has 2 saturated heterocycles. The smallest absolute Gasteiger partial charge is 0.139 e. The van der Waals surface area contributed by atoms with Gasteiger partial charge in [-0.1, -0.05) is 26.0 Å². The van der Waals surface area contributed by atoms with E-state index in [4.69, 9.17) is 8.83 Å². The third-order valence-electron chi connectivity index (χ3n) is 11.1.